The third kappa shape index (κ3) is 3.33. The first-order chi connectivity index (χ1) is 9.67. The van der Waals surface area contributed by atoms with Crippen LogP contribution in [0.1, 0.15) is 25.8 Å². The fourth-order valence-corrected chi connectivity index (χ4v) is 3.34. The molecule has 1 aromatic carbocycles. The maximum atomic E-state index is 5.44. The molecule has 0 aliphatic carbocycles. The molecule has 3 unspecified atom stereocenters. The standard InChI is InChI=1S/C17H28N2O/c1-13-14(2)19(12-10-16(13)18-3)11-9-15-7-5-6-8-17(15)20-4/h5-8,13-14,16,18H,9-12H2,1-4H3. The van der Waals surface area contributed by atoms with Gasteiger partial charge in [0.1, 0.15) is 5.75 Å². The Morgan fingerprint density at radius 1 is 1.30 bits per heavy atom. The van der Waals surface area contributed by atoms with E-state index in [2.05, 4.69) is 49.3 Å². The largest absolute Gasteiger partial charge is 0.496 e. The van der Waals surface area contributed by atoms with Crippen LogP contribution in [0.3, 0.4) is 0 Å². The second kappa shape index (κ2) is 7.09. The lowest BCUT2D eigenvalue weighted by atomic mass is 9.87. The lowest BCUT2D eigenvalue weighted by molar-refractivity contribution is 0.0887. The second-order valence-corrected chi connectivity index (χ2v) is 5.88. The van der Waals surface area contributed by atoms with Crippen LogP contribution >= 0.6 is 0 Å². The molecule has 2 rings (SSSR count). The van der Waals surface area contributed by atoms with Gasteiger partial charge >= 0.3 is 0 Å². The molecule has 3 nitrogen and oxygen atoms in total. The molecule has 1 heterocycles. The van der Waals surface area contributed by atoms with Crippen molar-refractivity contribution in [2.75, 3.05) is 27.2 Å². The highest BCUT2D eigenvalue weighted by atomic mass is 16.5. The highest BCUT2D eigenvalue weighted by molar-refractivity contribution is 5.33. The van der Waals surface area contributed by atoms with Gasteiger partial charge in [-0.15, -0.1) is 0 Å². The van der Waals surface area contributed by atoms with E-state index >= 15 is 0 Å². The van der Waals surface area contributed by atoms with Crippen molar-refractivity contribution in [2.45, 2.75) is 38.8 Å². The fourth-order valence-electron chi connectivity index (χ4n) is 3.34. The van der Waals surface area contributed by atoms with Crippen molar-refractivity contribution >= 4 is 0 Å². The lowest BCUT2D eigenvalue weighted by Gasteiger charge is -2.42. The Labute approximate surface area is 123 Å². The van der Waals surface area contributed by atoms with Gasteiger partial charge in [-0.05, 0) is 50.9 Å². The highest BCUT2D eigenvalue weighted by Gasteiger charge is 2.31. The van der Waals surface area contributed by atoms with Crippen molar-refractivity contribution in [1.82, 2.24) is 10.2 Å². The molecular weight excluding hydrogens is 248 g/mol. The molecule has 3 heteroatoms. The molecule has 0 bridgehead atoms. The van der Waals surface area contributed by atoms with Gasteiger partial charge in [0.25, 0.3) is 0 Å². The first-order valence-corrected chi connectivity index (χ1v) is 7.70. The highest BCUT2D eigenvalue weighted by Crippen LogP contribution is 2.25. The van der Waals surface area contributed by atoms with E-state index in [0.717, 1.165) is 18.7 Å². The average Bonchev–Trinajstić information content (AvgIpc) is 2.49. The molecule has 112 valence electrons. The van der Waals surface area contributed by atoms with Crippen LogP contribution in [0.4, 0.5) is 0 Å². The minimum absolute atomic E-state index is 0.635. The Balaban J connectivity index is 1.94. The van der Waals surface area contributed by atoms with Crippen LogP contribution in [0, 0.1) is 5.92 Å². The number of hydrogen-bond acceptors (Lipinski definition) is 3. The molecule has 20 heavy (non-hydrogen) atoms. The third-order valence-electron chi connectivity index (χ3n) is 4.93. The minimum atomic E-state index is 0.635. The summed E-state index contributed by atoms with van der Waals surface area (Å²) in [6.45, 7) is 7.02. The van der Waals surface area contributed by atoms with Gasteiger partial charge in [-0.2, -0.15) is 0 Å². The summed E-state index contributed by atoms with van der Waals surface area (Å²) in [6, 6.07) is 9.65. The molecule has 3 atom stereocenters. The SMILES string of the molecule is CNC1CCN(CCc2ccccc2OC)C(C)C1C. The van der Waals surface area contributed by atoms with Crippen molar-refractivity contribution in [3.8, 4) is 5.75 Å². The van der Waals surface area contributed by atoms with E-state index in [-0.39, 0.29) is 0 Å². The first-order valence-electron chi connectivity index (χ1n) is 7.70. The van der Waals surface area contributed by atoms with Crippen LogP contribution in [0.5, 0.6) is 5.75 Å². The number of methoxy groups -OCH3 is 1. The smallest absolute Gasteiger partial charge is 0.122 e. The topological polar surface area (TPSA) is 24.5 Å². The molecule has 1 aliphatic heterocycles. The van der Waals surface area contributed by atoms with Crippen LogP contribution in [-0.4, -0.2) is 44.2 Å². The van der Waals surface area contributed by atoms with Crippen molar-refractivity contribution in [3.63, 3.8) is 0 Å². The Bertz CT molecular complexity index is 421. The summed E-state index contributed by atoms with van der Waals surface area (Å²) in [5.74, 6) is 1.71. The van der Waals surface area contributed by atoms with Gasteiger partial charge in [0.2, 0.25) is 0 Å². The number of hydrogen-bond donors (Lipinski definition) is 1. The van der Waals surface area contributed by atoms with Crippen LogP contribution in [0.25, 0.3) is 0 Å². The summed E-state index contributed by atoms with van der Waals surface area (Å²) in [7, 11) is 3.83. The zero-order valence-corrected chi connectivity index (χ0v) is 13.2. The van der Waals surface area contributed by atoms with Crippen LogP contribution < -0.4 is 10.1 Å². The van der Waals surface area contributed by atoms with E-state index in [1.807, 2.05) is 6.07 Å². The molecular formula is C17H28N2O. The van der Waals surface area contributed by atoms with Gasteiger partial charge in [0, 0.05) is 18.6 Å². The van der Waals surface area contributed by atoms with Crippen molar-refractivity contribution in [1.29, 1.82) is 0 Å². The predicted molar refractivity (Wildman–Crippen MR) is 84.4 cm³/mol. The minimum Gasteiger partial charge on any atom is -0.496 e. The lowest BCUT2D eigenvalue weighted by Crippen LogP contribution is -2.53. The molecule has 1 fully saturated rings. The number of piperidine rings is 1. The molecule has 0 aromatic heterocycles. The van der Waals surface area contributed by atoms with E-state index < -0.39 is 0 Å². The summed E-state index contributed by atoms with van der Waals surface area (Å²) in [5.41, 5.74) is 1.31. The molecule has 1 aliphatic rings. The van der Waals surface area contributed by atoms with Gasteiger partial charge in [0.05, 0.1) is 7.11 Å². The van der Waals surface area contributed by atoms with E-state index in [0.29, 0.717) is 18.0 Å². The zero-order chi connectivity index (χ0) is 14.5. The van der Waals surface area contributed by atoms with Crippen molar-refractivity contribution < 1.29 is 4.74 Å². The Kier molecular flexibility index (Phi) is 5.44. The van der Waals surface area contributed by atoms with Crippen LogP contribution in [-0.2, 0) is 6.42 Å². The number of likely N-dealkylation sites (tertiary alicyclic amines) is 1. The molecule has 0 saturated carbocycles. The van der Waals surface area contributed by atoms with Gasteiger partial charge < -0.3 is 10.1 Å². The monoisotopic (exact) mass is 276 g/mol. The van der Waals surface area contributed by atoms with E-state index in [1.165, 1.54) is 18.5 Å². The summed E-state index contributed by atoms with van der Waals surface area (Å²) in [6.07, 6.45) is 2.30. The van der Waals surface area contributed by atoms with E-state index in [1.54, 1.807) is 7.11 Å². The van der Waals surface area contributed by atoms with Crippen molar-refractivity contribution in [2.24, 2.45) is 5.92 Å². The van der Waals surface area contributed by atoms with Gasteiger partial charge in [-0.25, -0.2) is 0 Å². The maximum absolute atomic E-state index is 5.44. The Morgan fingerprint density at radius 3 is 2.75 bits per heavy atom. The number of ether oxygens (including phenoxy) is 1. The molecule has 1 saturated heterocycles. The molecule has 1 aromatic rings. The second-order valence-electron chi connectivity index (χ2n) is 5.88. The number of nitrogens with one attached hydrogen (secondary N) is 1. The molecule has 0 spiro atoms. The van der Waals surface area contributed by atoms with Crippen LogP contribution in [0.2, 0.25) is 0 Å². The summed E-state index contributed by atoms with van der Waals surface area (Å²) < 4.78 is 5.44. The van der Waals surface area contributed by atoms with Gasteiger partial charge in [-0.1, -0.05) is 25.1 Å². The summed E-state index contributed by atoms with van der Waals surface area (Å²) >= 11 is 0. The predicted octanol–water partition coefficient (Wildman–Crippen LogP) is 2.56. The van der Waals surface area contributed by atoms with Gasteiger partial charge in [-0.3, -0.25) is 4.90 Å². The quantitative estimate of drug-likeness (QED) is 0.894. The first kappa shape index (κ1) is 15.3. The Morgan fingerprint density at radius 2 is 2.05 bits per heavy atom. The summed E-state index contributed by atoms with van der Waals surface area (Å²) in [4.78, 5) is 2.62. The van der Waals surface area contributed by atoms with Crippen LogP contribution in [0.15, 0.2) is 24.3 Å². The third-order valence-corrected chi connectivity index (χ3v) is 4.93. The zero-order valence-electron chi connectivity index (χ0n) is 13.2. The fraction of sp³-hybridized carbons (Fsp3) is 0.647. The molecule has 1 N–H and O–H groups in total. The maximum Gasteiger partial charge on any atom is 0.122 e. The number of benzene rings is 1. The Hall–Kier alpha value is -1.06. The molecule has 0 radical (unpaired) electrons. The number of nitrogens with zero attached hydrogens (tertiary/aromatic N) is 1. The van der Waals surface area contributed by atoms with E-state index in [4.69, 9.17) is 4.74 Å². The number of para-hydroxylation sites is 1. The van der Waals surface area contributed by atoms with Crippen molar-refractivity contribution in [3.05, 3.63) is 29.8 Å². The summed E-state index contributed by atoms with van der Waals surface area (Å²) in [5, 5.41) is 3.45. The van der Waals surface area contributed by atoms with E-state index in [9.17, 15) is 0 Å². The average molecular weight is 276 g/mol. The van der Waals surface area contributed by atoms with Gasteiger partial charge in [0.15, 0.2) is 0 Å². The molecule has 0 amide bonds. The number of rotatable bonds is 5. The normalized spacial score (nSPS) is 27.5.